The first-order valence-electron chi connectivity index (χ1n) is 7.12. The van der Waals surface area contributed by atoms with Crippen molar-refractivity contribution in [2.24, 2.45) is 11.5 Å². The van der Waals surface area contributed by atoms with Gasteiger partial charge in [0.1, 0.15) is 0 Å². The standard InChI is InChI=1S/C15H16NOP.C3H5NO/c16-15(17)11-12-18(13-7-3-1-4-8-13)14-9-5-2-6-10-14;1-2-3(4)5/h1-10H,11-12H2,(H2,16,17);2H,1H2,(H2,4,5). The Hall–Kier alpha value is -2.45. The molecule has 0 atom stereocenters. The summed E-state index contributed by atoms with van der Waals surface area (Å²) in [7, 11) is -0.484. The number of carbonyl (C=O) groups excluding carboxylic acids is 2. The molecule has 23 heavy (non-hydrogen) atoms. The smallest absolute Gasteiger partial charge is 0.240 e. The summed E-state index contributed by atoms with van der Waals surface area (Å²) < 4.78 is 0. The van der Waals surface area contributed by atoms with Crippen LogP contribution in [0.15, 0.2) is 73.3 Å². The SMILES string of the molecule is C=CC(N)=O.NC(=O)CCP(c1ccccc1)c1ccccc1. The van der Waals surface area contributed by atoms with Gasteiger partial charge in [0.25, 0.3) is 0 Å². The second-order valence-corrected chi connectivity index (χ2v) is 6.98. The van der Waals surface area contributed by atoms with Gasteiger partial charge in [0.15, 0.2) is 0 Å². The van der Waals surface area contributed by atoms with E-state index in [0.29, 0.717) is 6.42 Å². The molecule has 2 rings (SSSR count). The molecule has 0 unspecified atom stereocenters. The quantitative estimate of drug-likeness (QED) is 0.624. The van der Waals surface area contributed by atoms with E-state index in [1.165, 1.54) is 10.6 Å². The number of hydrogen-bond acceptors (Lipinski definition) is 2. The summed E-state index contributed by atoms with van der Waals surface area (Å²) in [5, 5.41) is 2.58. The molecule has 2 aromatic carbocycles. The van der Waals surface area contributed by atoms with Crippen LogP contribution in [0.5, 0.6) is 0 Å². The van der Waals surface area contributed by atoms with E-state index in [1.54, 1.807) is 0 Å². The van der Waals surface area contributed by atoms with Crippen LogP contribution in [0.1, 0.15) is 6.42 Å². The largest absolute Gasteiger partial charge is 0.370 e. The highest BCUT2D eigenvalue weighted by Gasteiger charge is 2.13. The average molecular weight is 328 g/mol. The van der Waals surface area contributed by atoms with Crippen molar-refractivity contribution >= 4 is 30.3 Å². The maximum atomic E-state index is 11.0. The van der Waals surface area contributed by atoms with E-state index >= 15 is 0 Å². The van der Waals surface area contributed by atoms with E-state index in [-0.39, 0.29) is 5.91 Å². The summed E-state index contributed by atoms with van der Waals surface area (Å²) in [5.41, 5.74) is 9.80. The van der Waals surface area contributed by atoms with Gasteiger partial charge in [-0.1, -0.05) is 67.2 Å². The highest BCUT2D eigenvalue weighted by Crippen LogP contribution is 2.33. The van der Waals surface area contributed by atoms with Gasteiger partial charge in [-0.25, -0.2) is 0 Å². The number of primary amides is 2. The van der Waals surface area contributed by atoms with Gasteiger partial charge in [0.2, 0.25) is 11.8 Å². The fourth-order valence-electron chi connectivity index (χ4n) is 1.85. The number of hydrogen-bond donors (Lipinski definition) is 2. The van der Waals surface area contributed by atoms with Crippen LogP contribution in [0, 0.1) is 0 Å². The van der Waals surface area contributed by atoms with Gasteiger partial charge < -0.3 is 11.5 Å². The molecule has 0 heterocycles. The van der Waals surface area contributed by atoms with Crippen LogP contribution >= 0.6 is 7.92 Å². The topological polar surface area (TPSA) is 86.2 Å². The third-order valence-corrected chi connectivity index (χ3v) is 5.43. The van der Waals surface area contributed by atoms with Crippen molar-refractivity contribution in [3.8, 4) is 0 Å². The minimum atomic E-state index is -0.484. The Balaban J connectivity index is 0.000000463. The van der Waals surface area contributed by atoms with E-state index in [9.17, 15) is 9.59 Å². The molecule has 4 N–H and O–H groups in total. The Morgan fingerprint density at radius 1 is 0.913 bits per heavy atom. The normalized spacial score (nSPS) is 9.61. The highest BCUT2D eigenvalue weighted by molar-refractivity contribution is 7.73. The van der Waals surface area contributed by atoms with E-state index in [4.69, 9.17) is 5.73 Å². The van der Waals surface area contributed by atoms with Crippen molar-refractivity contribution in [3.63, 3.8) is 0 Å². The Kier molecular flexibility index (Phi) is 8.33. The Morgan fingerprint density at radius 2 is 1.30 bits per heavy atom. The molecule has 0 radical (unpaired) electrons. The molecular weight excluding hydrogens is 307 g/mol. The van der Waals surface area contributed by atoms with E-state index in [2.05, 4.69) is 36.6 Å². The maximum Gasteiger partial charge on any atom is 0.240 e. The molecule has 0 fully saturated rings. The average Bonchev–Trinajstić information content (AvgIpc) is 2.57. The molecule has 4 nitrogen and oxygen atoms in total. The molecule has 2 aromatic rings. The van der Waals surface area contributed by atoms with Gasteiger partial charge in [0, 0.05) is 6.42 Å². The van der Waals surface area contributed by atoms with Crippen molar-refractivity contribution in [1.29, 1.82) is 0 Å². The molecule has 0 saturated carbocycles. The fourth-order valence-corrected chi connectivity index (χ4v) is 4.17. The van der Waals surface area contributed by atoms with Gasteiger partial charge in [-0.15, -0.1) is 0 Å². The van der Waals surface area contributed by atoms with Crippen molar-refractivity contribution in [2.45, 2.75) is 6.42 Å². The van der Waals surface area contributed by atoms with E-state index in [1.807, 2.05) is 36.4 Å². The van der Waals surface area contributed by atoms with Gasteiger partial charge in [0.05, 0.1) is 0 Å². The summed E-state index contributed by atoms with van der Waals surface area (Å²) >= 11 is 0. The van der Waals surface area contributed by atoms with Crippen LogP contribution in [-0.2, 0) is 9.59 Å². The predicted octanol–water partition coefficient (Wildman–Crippen LogP) is 1.65. The van der Waals surface area contributed by atoms with Crippen molar-refractivity contribution in [3.05, 3.63) is 73.3 Å². The molecule has 0 aromatic heterocycles. The summed E-state index contributed by atoms with van der Waals surface area (Å²) in [6, 6.07) is 20.7. The van der Waals surface area contributed by atoms with Crippen molar-refractivity contribution in [1.82, 2.24) is 0 Å². The van der Waals surface area contributed by atoms with Crippen LogP contribution in [0.4, 0.5) is 0 Å². The zero-order valence-corrected chi connectivity index (χ0v) is 13.8. The maximum absolute atomic E-state index is 11.0. The summed E-state index contributed by atoms with van der Waals surface area (Å²) in [5.74, 6) is -0.709. The predicted molar refractivity (Wildman–Crippen MR) is 97.1 cm³/mol. The number of amides is 2. The monoisotopic (exact) mass is 328 g/mol. The molecule has 0 bridgehead atoms. The van der Waals surface area contributed by atoms with E-state index < -0.39 is 13.8 Å². The lowest BCUT2D eigenvalue weighted by molar-refractivity contribution is -0.117. The van der Waals surface area contributed by atoms with Gasteiger partial charge in [-0.3, -0.25) is 9.59 Å². The van der Waals surface area contributed by atoms with Crippen molar-refractivity contribution in [2.75, 3.05) is 6.16 Å². The van der Waals surface area contributed by atoms with Gasteiger partial charge in [-0.2, -0.15) is 0 Å². The molecule has 0 aliphatic carbocycles. The summed E-state index contributed by atoms with van der Waals surface area (Å²) in [4.78, 5) is 20.5. The Bertz CT molecular complexity index is 590. The number of rotatable bonds is 6. The lowest BCUT2D eigenvalue weighted by atomic mass is 10.4. The van der Waals surface area contributed by atoms with Crippen LogP contribution in [0.2, 0.25) is 0 Å². The second kappa shape index (κ2) is 10.3. The lowest BCUT2D eigenvalue weighted by Gasteiger charge is -2.17. The molecule has 0 aliphatic heterocycles. The number of nitrogens with two attached hydrogens (primary N) is 2. The third kappa shape index (κ3) is 7.39. The minimum absolute atomic E-state index is 0.227. The van der Waals surface area contributed by atoms with Crippen molar-refractivity contribution < 1.29 is 9.59 Å². The molecule has 5 heteroatoms. The second-order valence-electron chi connectivity index (χ2n) is 4.65. The van der Waals surface area contributed by atoms with Crippen LogP contribution in [0.3, 0.4) is 0 Å². The molecule has 0 aliphatic rings. The zero-order chi connectivity index (χ0) is 17.1. The van der Waals surface area contributed by atoms with Crippen LogP contribution in [0.25, 0.3) is 0 Å². The van der Waals surface area contributed by atoms with Crippen LogP contribution < -0.4 is 22.1 Å². The first-order chi connectivity index (χ1) is 11.0. The first kappa shape index (κ1) is 18.6. The molecule has 0 spiro atoms. The molecule has 120 valence electrons. The zero-order valence-electron chi connectivity index (χ0n) is 12.9. The number of carbonyl (C=O) groups is 2. The van der Waals surface area contributed by atoms with Gasteiger partial charge >= 0.3 is 0 Å². The third-order valence-electron chi connectivity index (χ3n) is 2.92. The first-order valence-corrected chi connectivity index (χ1v) is 8.65. The molecule has 2 amide bonds. The lowest BCUT2D eigenvalue weighted by Crippen LogP contribution is -2.18. The Labute approximate surface area is 137 Å². The minimum Gasteiger partial charge on any atom is -0.370 e. The summed E-state index contributed by atoms with van der Waals surface area (Å²) in [6.07, 6.45) is 2.31. The highest BCUT2D eigenvalue weighted by atomic mass is 31.1. The Morgan fingerprint density at radius 3 is 1.61 bits per heavy atom. The van der Waals surface area contributed by atoms with Gasteiger partial charge in [-0.05, 0) is 30.8 Å². The number of benzene rings is 2. The molecular formula is C18H21N2O2P. The van der Waals surface area contributed by atoms with Crippen LogP contribution in [-0.4, -0.2) is 18.0 Å². The molecule has 0 saturated heterocycles. The van der Waals surface area contributed by atoms with E-state index in [0.717, 1.165) is 12.2 Å². The fraction of sp³-hybridized carbons (Fsp3) is 0.111. The summed E-state index contributed by atoms with van der Waals surface area (Å²) in [6.45, 7) is 3.09.